The van der Waals surface area contributed by atoms with E-state index in [1.54, 1.807) is 0 Å². The minimum Gasteiger partial charge on any atom is -0.312 e. The van der Waals surface area contributed by atoms with Crippen LogP contribution >= 0.6 is 23.4 Å². The topological polar surface area (TPSA) is 12.0 Å². The second-order valence-electron chi connectivity index (χ2n) is 4.39. The normalized spacial score (nSPS) is 12.3. The molecule has 0 saturated heterocycles. The van der Waals surface area contributed by atoms with Crippen LogP contribution < -0.4 is 5.32 Å². The summed E-state index contributed by atoms with van der Waals surface area (Å²) in [5.41, 5.74) is 2.66. The summed E-state index contributed by atoms with van der Waals surface area (Å²) in [5, 5.41) is 4.17. The Morgan fingerprint density at radius 1 is 1.05 bits per heavy atom. The summed E-state index contributed by atoms with van der Waals surface area (Å²) in [6.07, 6.45) is 0. The first kappa shape index (κ1) is 14.4. The number of hydrogen-bond acceptors (Lipinski definition) is 2. The van der Waals surface area contributed by atoms with Gasteiger partial charge in [0.15, 0.2) is 0 Å². The molecule has 2 aromatic carbocycles. The molecule has 1 N–H and O–H groups in total. The Kier molecular flexibility index (Phi) is 5.77. The third kappa shape index (κ3) is 4.57. The third-order valence-electron chi connectivity index (χ3n) is 3.02. The van der Waals surface area contributed by atoms with Crippen LogP contribution in [0.15, 0.2) is 54.6 Å². The maximum Gasteiger partial charge on any atom is 0.0409 e. The summed E-state index contributed by atoms with van der Waals surface area (Å²) in [5.74, 6) is 2.07. The molecule has 0 spiro atoms. The molecule has 19 heavy (non-hydrogen) atoms. The minimum atomic E-state index is 0.401. The van der Waals surface area contributed by atoms with E-state index < -0.39 is 0 Å². The Morgan fingerprint density at radius 2 is 1.74 bits per heavy atom. The molecule has 0 heterocycles. The lowest BCUT2D eigenvalue weighted by molar-refractivity contribution is 0.662. The van der Waals surface area contributed by atoms with Gasteiger partial charge < -0.3 is 5.32 Å². The molecule has 0 aromatic heterocycles. The van der Waals surface area contributed by atoms with Crippen molar-refractivity contribution >= 4 is 23.4 Å². The Bertz CT molecular complexity index is 484. The van der Waals surface area contributed by atoms with Gasteiger partial charge in [0.1, 0.15) is 0 Å². The van der Waals surface area contributed by atoms with Crippen molar-refractivity contribution in [3.8, 4) is 0 Å². The van der Waals surface area contributed by atoms with Crippen LogP contribution in [0.5, 0.6) is 0 Å². The second kappa shape index (κ2) is 7.59. The summed E-state index contributed by atoms with van der Waals surface area (Å²) in [7, 11) is 2.01. The molecule has 1 atom stereocenters. The Hall–Kier alpha value is -0.960. The zero-order valence-corrected chi connectivity index (χ0v) is 12.5. The minimum absolute atomic E-state index is 0.401. The molecule has 0 aliphatic rings. The Balaban J connectivity index is 1.85. The maximum atomic E-state index is 5.88. The second-order valence-corrected chi connectivity index (χ2v) is 5.86. The van der Waals surface area contributed by atoms with Gasteiger partial charge in [-0.1, -0.05) is 54.1 Å². The van der Waals surface area contributed by atoms with Crippen molar-refractivity contribution < 1.29 is 0 Å². The van der Waals surface area contributed by atoms with Gasteiger partial charge in [0.2, 0.25) is 0 Å². The number of hydrogen-bond donors (Lipinski definition) is 1. The predicted molar refractivity (Wildman–Crippen MR) is 85.9 cm³/mol. The van der Waals surface area contributed by atoms with Crippen LogP contribution in [-0.2, 0) is 5.75 Å². The maximum absolute atomic E-state index is 5.88. The molecule has 1 unspecified atom stereocenters. The highest BCUT2D eigenvalue weighted by molar-refractivity contribution is 7.98. The Labute approximate surface area is 124 Å². The van der Waals surface area contributed by atoms with Gasteiger partial charge >= 0.3 is 0 Å². The van der Waals surface area contributed by atoms with Crippen molar-refractivity contribution in [3.63, 3.8) is 0 Å². The summed E-state index contributed by atoms with van der Waals surface area (Å²) in [6.45, 7) is 0. The average Bonchev–Trinajstić information content (AvgIpc) is 2.46. The molecule has 0 aliphatic heterocycles. The van der Waals surface area contributed by atoms with E-state index in [4.69, 9.17) is 11.6 Å². The highest BCUT2D eigenvalue weighted by Gasteiger charge is 2.08. The smallest absolute Gasteiger partial charge is 0.0409 e. The molecule has 2 aromatic rings. The van der Waals surface area contributed by atoms with Crippen LogP contribution in [0.4, 0.5) is 0 Å². The summed E-state index contributed by atoms with van der Waals surface area (Å²) in [4.78, 5) is 0. The lowest BCUT2D eigenvalue weighted by Gasteiger charge is -2.16. The quantitative estimate of drug-likeness (QED) is 0.839. The van der Waals surface area contributed by atoms with Gasteiger partial charge in [0.25, 0.3) is 0 Å². The summed E-state index contributed by atoms with van der Waals surface area (Å²) >= 11 is 7.82. The monoisotopic (exact) mass is 291 g/mol. The van der Waals surface area contributed by atoms with Crippen molar-refractivity contribution in [3.05, 3.63) is 70.7 Å². The van der Waals surface area contributed by atoms with E-state index in [1.165, 1.54) is 11.1 Å². The van der Waals surface area contributed by atoms with Gasteiger partial charge in [-0.3, -0.25) is 0 Å². The lowest BCUT2D eigenvalue weighted by atomic mass is 10.1. The van der Waals surface area contributed by atoms with Crippen LogP contribution in [0.2, 0.25) is 5.02 Å². The zero-order valence-electron chi connectivity index (χ0n) is 11.0. The van der Waals surface area contributed by atoms with E-state index in [0.29, 0.717) is 6.04 Å². The highest BCUT2D eigenvalue weighted by atomic mass is 35.5. The number of thioether (sulfide) groups is 1. The Morgan fingerprint density at radius 3 is 2.37 bits per heavy atom. The molecule has 100 valence electrons. The third-order valence-corrected chi connectivity index (χ3v) is 4.38. The molecule has 0 bridgehead atoms. The zero-order chi connectivity index (χ0) is 13.5. The number of rotatable bonds is 6. The van der Waals surface area contributed by atoms with Gasteiger partial charge in [-0.05, 0) is 30.3 Å². The number of halogens is 1. The molecule has 0 radical (unpaired) electrons. The molecular formula is C16H18ClNS. The molecule has 0 amide bonds. The lowest BCUT2D eigenvalue weighted by Crippen LogP contribution is -2.18. The van der Waals surface area contributed by atoms with Crippen LogP contribution in [-0.4, -0.2) is 12.8 Å². The first-order valence-electron chi connectivity index (χ1n) is 6.34. The molecule has 0 saturated carbocycles. The standard InChI is InChI=1S/C16H18ClNS/c1-18-16(14-5-3-2-4-6-14)12-19-11-13-7-9-15(17)10-8-13/h2-10,16,18H,11-12H2,1H3. The average molecular weight is 292 g/mol. The van der Waals surface area contributed by atoms with Crippen LogP contribution in [0.3, 0.4) is 0 Å². The van der Waals surface area contributed by atoms with Crippen molar-refractivity contribution in [2.75, 3.05) is 12.8 Å². The summed E-state index contributed by atoms with van der Waals surface area (Å²) in [6, 6.07) is 19.0. The highest BCUT2D eigenvalue weighted by Crippen LogP contribution is 2.21. The van der Waals surface area contributed by atoms with Crippen molar-refractivity contribution in [2.45, 2.75) is 11.8 Å². The van der Waals surface area contributed by atoms with Gasteiger partial charge in [-0.25, -0.2) is 0 Å². The fraction of sp³-hybridized carbons (Fsp3) is 0.250. The number of benzene rings is 2. The van der Waals surface area contributed by atoms with E-state index in [1.807, 2.05) is 30.9 Å². The molecule has 1 nitrogen and oxygen atoms in total. The van der Waals surface area contributed by atoms with E-state index >= 15 is 0 Å². The van der Waals surface area contributed by atoms with Crippen molar-refractivity contribution in [2.24, 2.45) is 0 Å². The predicted octanol–water partition coefficient (Wildman–Crippen LogP) is 4.53. The molecule has 3 heteroatoms. The molecular weight excluding hydrogens is 274 g/mol. The largest absolute Gasteiger partial charge is 0.312 e. The SMILES string of the molecule is CNC(CSCc1ccc(Cl)cc1)c1ccccc1. The van der Waals surface area contributed by atoms with E-state index in [0.717, 1.165) is 16.5 Å². The van der Waals surface area contributed by atoms with Gasteiger partial charge in [-0.2, -0.15) is 11.8 Å². The molecule has 0 fully saturated rings. The van der Waals surface area contributed by atoms with Crippen LogP contribution in [0, 0.1) is 0 Å². The summed E-state index contributed by atoms with van der Waals surface area (Å²) < 4.78 is 0. The van der Waals surface area contributed by atoms with Crippen LogP contribution in [0.1, 0.15) is 17.2 Å². The van der Waals surface area contributed by atoms with E-state index in [9.17, 15) is 0 Å². The van der Waals surface area contributed by atoms with Gasteiger partial charge in [0.05, 0.1) is 0 Å². The van der Waals surface area contributed by atoms with Crippen molar-refractivity contribution in [1.29, 1.82) is 0 Å². The van der Waals surface area contributed by atoms with Crippen LogP contribution in [0.25, 0.3) is 0 Å². The molecule has 0 aliphatic carbocycles. The number of nitrogens with one attached hydrogen (secondary N) is 1. The first-order valence-corrected chi connectivity index (χ1v) is 7.87. The fourth-order valence-electron chi connectivity index (χ4n) is 1.91. The van der Waals surface area contributed by atoms with Crippen molar-refractivity contribution in [1.82, 2.24) is 5.32 Å². The first-order chi connectivity index (χ1) is 9.29. The molecule has 2 rings (SSSR count). The fourth-order valence-corrected chi connectivity index (χ4v) is 3.17. The van der Waals surface area contributed by atoms with Gasteiger partial charge in [-0.15, -0.1) is 0 Å². The van der Waals surface area contributed by atoms with E-state index in [2.05, 4.69) is 47.8 Å². The van der Waals surface area contributed by atoms with E-state index in [-0.39, 0.29) is 0 Å². The van der Waals surface area contributed by atoms with Gasteiger partial charge in [0, 0.05) is 22.6 Å².